The molecule has 0 radical (unpaired) electrons. The highest BCUT2D eigenvalue weighted by Gasteiger charge is 2.12. The molecular formula is C23H21N5O2. The predicted octanol–water partition coefficient (Wildman–Crippen LogP) is 3.87. The zero-order valence-electron chi connectivity index (χ0n) is 16.5. The summed E-state index contributed by atoms with van der Waals surface area (Å²) in [6, 6.07) is 25.0. The number of anilines is 1. The van der Waals surface area contributed by atoms with Gasteiger partial charge in [0.15, 0.2) is 0 Å². The minimum absolute atomic E-state index is 0.0498. The molecule has 7 heteroatoms. The Morgan fingerprint density at radius 2 is 1.73 bits per heavy atom. The number of nitrogens with zero attached hydrogens (tertiary/aromatic N) is 4. The van der Waals surface area contributed by atoms with E-state index in [1.807, 2.05) is 85.8 Å². The third kappa shape index (κ3) is 4.88. The van der Waals surface area contributed by atoms with Crippen molar-refractivity contribution in [2.24, 2.45) is 0 Å². The van der Waals surface area contributed by atoms with Gasteiger partial charge < -0.3 is 10.1 Å². The summed E-state index contributed by atoms with van der Waals surface area (Å²) in [6.07, 6.45) is 0. The monoisotopic (exact) mass is 399 g/mol. The van der Waals surface area contributed by atoms with Crippen molar-refractivity contribution in [2.45, 2.75) is 20.1 Å². The van der Waals surface area contributed by atoms with E-state index in [0.717, 1.165) is 16.7 Å². The first-order chi connectivity index (χ1) is 14.7. The lowest BCUT2D eigenvalue weighted by molar-refractivity contribution is -0.117. The van der Waals surface area contributed by atoms with Crippen LogP contribution in [0.1, 0.15) is 11.1 Å². The number of benzene rings is 3. The van der Waals surface area contributed by atoms with Gasteiger partial charge in [-0.05, 0) is 35.4 Å². The van der Waals surface area contributed by atoms with Crippen LogP contribution in [0.4, 0.5) is 5.69 Å². The van der Waals surface area contributed by atoms with Gasteiger partial charge in [0.05, 0.1) is 5.69 Å². The van der Waals surface area contributed by atoms with Crippen LogP contribution in [0.15, 0.2) is 78.9 Å². The summed E-state index contributed by atoms with van der Waals surface area (Å²) in [4.78, 5) is 13.8. The van der Waals surface area contributed by atoms with Gasteiger partial charge >= 0.3 is 0 Å². The fourth-order valence-electron chi connectivity index (χ4n) is 2.92. The van der Waals surface area contributed by atoms with Gasteiger partial charge in [0.25, 0.3) is 0 Å². The van der Waals surface area contributed by atoms with Crippen molar-refractivity contribution in [3.63, 3.8) is 0 Å². The smallest absolute Gasteiger partial charge is 0.248 e. The maximum Gasteiger partial charge on any atom is 0.248 e. The summed E-state index contributed by atoms with van der Waals surface area (Å²) in [5, 5.41) is 15.1. The Hall–Kier alpha value is -4.00. The summed E-state index contributed by atoms with van der Waals surface area (Å²) in [5.74, 6) is 0.828. The molecule has 0 aliphatic rings. The Morgan fingerprint density at radius 3 is 2.50 bits per heavy atom. The number of aromatic nitrogens is 4. The highest BCUT2D eigenvalue weighted by atomic mass is 16.5. The molecule has 150 valence electrons. The second kappa shape index (κ2) is 9.00. The van der Waals surface area contributed by atoms with Crippen molar-refractivity contribution in [1.29, 1.82) is 0 Å². The zero-order chi connectivity index (χ0) is 20.8. The van der Waals surface area contributed by atoms with E-state index in [2.05, 4.69) is 20.7 Å². The SMILES string of the molecule is Cc1ccc(NC(=O)Cn2nnc(-c3ccccc3)n2)c(OCc2ccccc2)c1. The van der Waals surface area contributed by atoms with Crippen LogP contribution < -0.4 is 10.1 Å². The van der Waals surface area contributed by atoms with Crippen LogP contribution in [0.25, 0.3) is 11.4 Å². The van der Waals surface area contributed by atoms with E-state index < -0.39 is 0 Å². The minimum atomic E-state index is -0.263. The van der Waals surface area contributed by atoms with E-state index in [4.69, 9.17) is 4.74 Å². The van der Waals surface area contributed by atoms with E-state index >= 15 is 0 Å². The predicted molar refractivity (Wildman–Crippen MR) is 114 cm³/mol. The highest BCUT2D eigenvalue weighted by molar-refractivity contribution is 5.92. The molecule has 0 aliphatic carbocycles. The van der Waals surface area contributed by atoms with Gasteiger partial charge in [0, 0.05) is 5.56 Å². The number of nitrogens with one attached hydrogen (secondary N) is 1. The molecule has 7 nitrogen and oxygen atoms in total. The van der Waals surface area contributed by atoms with E-state index in [-0.39, 0.29) is 12.5 Å². The Bertz CT molecular complexity index is 1130. The molecule has 0 saturated carbocycles. The number of aryl methyl sites for hydroxylation is 1. The van der Waals surface area contributed by atoms with Gasteiger partial charge in [-0.3, -0.25) is 4.79 Å². The van der Waals surface area contributed by atoms with E-state index in [0.29, 0.717) is 23.9 Å². The summed E-state index contributed by atoms with van der Waals surface area (Å²) in [7, 11) is 0. The van der Waals surface area contributed by atoms with Crippen LogP contribution in [-0.4, -0.2) is 26.1 Å². The molecule has 0 unspecified atom stereocenters. The lowest BCUT2D eigenvalue weighted by atomic mass is 10.2. The number of ether oxygens (including phenoxy) is 1. The van der Waals surface area contributed by atoms with Crippen LogP contribution in [-0.2, 0) is 17.9 Å². The number of hydrogen-bond acceptors (Lipinski definition) is 5. The molecule has 4 rings (SSSR count). The molecule has 0 saturated heterocycles. The molecule has 1 heterocycles. The summed E-state index contributed by atoms with van der Waals surface area (Å²) >= 11 is 0. The Balaban J connectivity index is 1.42. The molecule has 0 bridgehead atoms. The quantitative estimate of drug-likeness (QED) is 0.510. The molecule has 0 atom stereocenters. The zero-order valence-corrected chi connectivity index (χ0v) is 16.5. The maximum absolute atomic E-state index is 12.5. The fraction of sp³-hybridized carbons (Fsp3) is 0.130. The number of amides is 1. The first kappa shape index (κ1) is 19.3. The van der Waals surface area contributed by atoms with E-state index in [9.17, 15) is 4.79 Å². The molecule has 1 amide bonds. The van der Waals surface area contributed by atoms with Gasteiger partial charge in [-0.2, -0.15) is 4.80 Å². The van der Waals surface area contributed by atoms with Crippen LogP contribution in [0.5, 0.6) is 5.75 Å². The molecule has 1 aromatic heterocycles. The van der Waals surface area contributed by atoms with Crippen molar-refractivity contribution in [1.82, 2.24) is 20.2 Å². The number of carbonyl (C=O) groups is 1. The van der Waals surface area contributed by atoms with Crippen LogP contribution in [0.2, 0.25) is 0 Å². The van der Waals surface area contributed by atoms with Gasteiger partial charge in [-0.25, -0.2) is 0 Å². The average molecular weight is 399 g/mol. The van der Waals surface area contributed by atoms with Crippen molar-refractivity contribution in [3.8, 4) is 17.1 Å². The van der Waals surface area contributed by atoms with Crippen molar-refractivity contribution < 1.29 is 9.53 Å². The average Bonchev–Trinajstić information content (AvgIpc) is 3.23. The number of tetrazole rings is 1. The van der Waals surface area contributed by atoms with Crippen LogP contribution in [0, 0.1) is 6.92 Å². The van der Waals surface area contributed by atoms with Gasteiger partial charge in [-0.15, -0.1) is 10.2 Å². The van der Waals surface area contributed by atoms with E-state index in [1.54, 1.807) is 0 Å². The van der Waals surface area contributed by atoms with Crippen molar-refractivity contribution in [3.05, 3.63) is 90.0 Å². The third-order valence-corrected chi connectivity index (χ3v) is 4.42. The Morgan fingerprint density at radius 1 is 1.00 bits per heavy atom. The summed E-state index contributed by atoms with van der Waals surface area (Å²) < 4.78 is 5.95. The van der Waals surface area contributed by atoms with Crippen LogP contribution >= 0.6 is 0 Å². The first-order valence-corrected chi connectivity index (χ1v) is 9.58. The molecular weight excluding hydrogens is 378 g/mol. The fourth-order valence-corrected chi connectivity index (χ4v) is 2.92. The lowest BCUT2D eigenvalue weighted by Gasteiger charge is -2.13. The third-order valence-electron chi connectivity index (χ3n) is 4.42. The van der Waals surface area contributed by atoms with Gasteiger partial charge in [0.1, 0.15) is 18.9 Å². The largest absolute Gasteiger partial charge is 0.487 e. The number of hydrogen-bond donors (Lipinski definition) is 1. The summed E-state index contributed by atoms with van der Waals surface area (Å²) in [6.45, 7) is 2.34. The van der Waals surface area contributed by atoms with Crippen LogP contribution in [0.3, 0.4) is 0 Å². The van der Waals surface area contributed by atoms with Crippen molar-refractivity contribution >= 4 is 11.6 Å². The normalized spacial score (nSPS) is 10.6. The molecule has 0 fully saturated rings. The minimum Gasteiger partial charge on any atom is -0.487 e. The van der Waals surface area contributed by atoms with Gasteiger partial charge in [0.2, 0.25) is 11.7 Å². The maximum atomic E-state index is 12.5. The van der Waals surface area contributed by atoms with Crippen molar-refractivity contribution in [2.75, 3.05) is 5.32 Å². The molecule has 0 spiro atoms. The number of carbonyl (C=O) groups excluding carboxylic acids is 1. The Labute approximate surface area is 174 Å². The lowest BCUT2D eigenvalue weighted by Crippen LogP contribution is -2.21. The van der Waals surface area contributed by atoms with Gasteiger partial charge in [-0.1, -0.05) is 66.7 Å². The highest BCUT2D eigenvalue weighted by Crippen LogP contribution is 2.26. The molecule has 30 heavy (non-hydrogen) atoms. The summed E-state index contributed by atoms with van der Waals surface area (Å²) in [5.41, 5.74) is 3.54. The number of rotatable bonds is 7. The molecule has 1 N–H and O–H groups in total. The molecule has 0 aliphatic heterocycles. The molecule has 4 aromatic rings. The second-order valence-electron chi connectivity index (χ2n) is 6.83. The second-order valence-corrected chi connectivity index (χ2v) is 6.83. The standard InChI is InChI=1S/C23H21N5O2/c1-17-12-13-20(21(14-17)30-16-18-8-4-2-5-9-18)24-22(29)15-28-26-23(25-27-28)19-10-6-3-7-11-19/h2-14H,15-16H2,1H3,(H,24,29). The van der Waals surface area contributed by atoms with E-state index in [1.165, 1.54) is 4.80 Å². The molecule has 3 aromatic carbocycles. The topological polar surface area (TPSA) is 81.9 Å². The first-order valence-electron chi connectivity index (χ1n) is 9.58. The Kier molecular flexibility index (Phi) is 5.80.